The van der Waals surface area contributed by atoms with Gasteiger partial charge in [0.15, 0.2) is 0 Å². The zero-order chi connectivity index (χ0) is 11.3. The molecular weight excluding hydrogens is 192 g/mol. The lowest BCUT2D eigenvalue weighted by molar-refractivity contribution is 0.655. The second-order valence-electron chi connectivity index (χ2n) is 3.04. The third kappa shape index (κ3) is 2.56. The molecule has 0 bridgehead atoms. The second kappa shape index (κ2) is 5.15. The molecule has 0 saturated heterocycles. The van der Waals surface area contributed by atoms with Crippen LogP contribution in [0.2, 0.25) is 0 Å². The first-order chi connectivity index (χ1) is 7.22. The van der Waals surface area contributed by atoms with Crippen LogP contribution in [0.5, 0.6) is 0 Å². The van der Waals surface area contributed by atoms with E-state index in [2.05, 4.69) is 5.10 Å². The topological polar surface area (TPSA) is 61.9 Å². The predicted octanol–water partition coefficient (Wildman–Crippen LogP) is 0.613. The zero-order valence-electron chi connectivity index (χ0n) is 8.97. The molecule has 0 aliphatic carbocycles. The van der Waals surface area contributed by atoms with Crippen molar-refractivity contribution in [3.05, 3.63) is 22.6 Å². The van der Waals surface area contributed by atoms with Gasteiger partial charge < -0.3 is 4.90 Å². The summed E-state index contributed by atoms with van der Waals surface area (Å²) < 4.78 is 1.15. The van der Waals surface area contributed by atoms with Crippen molar-refractivity contribution in [2.24, 2.45) is 0 Å². The molecule has 0 saturated carbocycles. The van der Waals surface area contributed by atoms with Gasteiger partial charge in [-0.1, -0.05) is 0 Å². The van der Waals surface area contributed by atoms with Gasteiger partial charge in [-0.05, 0) is 13.8 Å². The Bertz CT molecular complexity index is 414. The summed E-state index contributed by atoms with van der Waals surface area (Å²) in [6.45, 7) is 5.70. The molecule has 1 aromatic heterocycles. The van der Waals surface area contributed by atoms with Crippen LogP contribution in [-0.4, -0.2) is 22.9 Å². The quantitative estimate of drug-likeness (QED) is 0.724. The van der Waals surface area contributed by atoms with E-state index < -0.39 is 0 Å². The Kier molecular flexibility index (Phi) is 3.86. The van der Waals surface area contributed by atoms with Crippen LogP contribution in [-0.2, 0) is 6.54 Å². The average molecular weight is 206 g/mol. The molecule has 0 aliphatic heterocycles. The van der Waals surface area contributed by atoms with E-state index in [9.17, 15) is 4.79 Å². The summed E-state index contributed by atoms with van der Waals surface area (Å²) in [4.78, 5) is 13.5. The van der Waals surface area contributed by atoms with Crippen molar-refractivity contribution in [2.75, 3.05) is 18.0 Å². The highest BCUT2D eigenvalue weighted by Gasteiger charge is 2.04. The lowest BCUT2D eigenvalue weighted by Gasteiger charge is -2.20. The highest BCUT2D eigenvalue weighted by molar-refractivity contribution is 5.42. The number of rotatable bonds is 4. The number of aromatic nitrogens is 2. The van der Waals surface area contributed by atoms with Crippen molar-refractivity contribution in [1.82, 2.24) is 9.78 Å². The first-order valence-corrected chi connectivity index (χ1v) is 4.92. The average Bonchev–Trinajstić information content (AvgIpc) is 2.24. The van der Waals surface area contributed by atoms with E-state index in [1.54, 1.807) is 6.20 Å². The molecule has 0 radical (unpaired) electrons. The normalized spacial score (nSPS) is 9.67. The van der Waals surface area contributed by atoms with Crippen LogP contribution in [0, 0.1) is 11.3 Å². The van der Waals surface area contributed by atoms with Crippen molar-refractivity contribution in [3.8, 4) is 6.07 Å². The molecule has 1 aromatic rings. The van der Waals surface area contributed by atoms with Gasteiger partial charge in [-0.3, -0.25) is 4.79 Å². The molecule has 0 amide bonds. The van der Waals surface area contributed by atoms with E-state index in [0.717, 1.165) is 23.5 Å². The molecule has 0 aromatic carbocycles. The first kappa shape index (κ1) is 11.2. The number of hydrogen-bond donors (Lipinski definition) is 0. The molecule has 0 aliphatic rings. The molecule has 0 fully saturated rings. The van der Waals surface area contributed by atoms with Gasteiger partial charge in [-0.25, -0.2) is 4.68 Å². The van der Waals surface area contributed by atoms with Gasteiger partial charge in [-0.15, -0.1) is 0 Å². The maximum absolute atomic E-state index is 11.5. The minimum absolute atomic E-state index is 0.00262. The fourth-order valence-corrected chi connectivity index (χ4v) is 1.37. The smallest absolute Gasteiger partial charge is 0.269 e. The van der Waals surface area contributed by atoms with Gasteiger partial charge in [0.25, 0.3) is 5.56 Å². The van der Waals surface area contributed by atoms with Crippen LogP contribution in [0.1, 0.15) is 13.8 Å². The van der Waals surface area contributed by atoms with Crippen molar-refractivity contribution in [2.45, 2.75) is 20.4 Å². The van der Waals surface area contributed by atoms with Crippen LogP contribution in [0.15, 0.2) is 17.1 Å². The van der Waals surface area contributed by atoms with Gasteiger partial charge in [-0.2, -0.15) is 10.4 Å². The van der Waals surface area contributed by atoms with Crippen molar-refractivity contribution in [3.63, 3.8) is 0 Å². The van der Waals surface area contributed by atoms with E-state index in [0.29, 0.717) is 0 Å². The van der Waals surface area contributed by atoms with E-state index in [1.807, 2.05) is 24.8 Å². The molecule has 5 heteroatoms. The number of anilines is 1. The lowest BCUT2D eigenvalue weighted by atomic mass is 10.4. The minimum atomic E-state index is -0.235. The third-order valence-corrected chi connectivity index (χ3v) is 2.20. The summed E-state index contributed by atoms with van der Waals surface area (Å²) in [6, 6.07) is 3.40. The van der Waals surface area contributed by atoms with Gasteiger partial charge in [0.05, 0.1) is 18.0 Å². The molecule has 1 rings (SSSR count). The van der Waals surface area contributed by atoms with E-state index in [4.69, 9.17) is 5.26 Å². The van der Waals surface area contributed by atoms with Gasteiger partial charge >= 0.3 is 0 Å². The Balaban J connectivity index is 3.01. The summed E-state index contributed by atoms with van der Waals surface area (Å²) in [7, 11) is 0. The fourth-order valence-electron chi connectivity index (χ4n) is 1.37. The van der Waals surface area contributed by atoms with Crippen molar-refractivity contribution in [1.29, 1.82) is 5.26 Å². The van der Waals surface area contributed by atoms with Crippen molar-refractivity contribution < 1.29 is 0 Å². The summed E-state index contributed by atoms with van der Waals surface area (Å²) in [5, 5.41) is 12.4. The van der Waals surface area contributed by atoms with Gasteiger partial charge in [0, 0.05) is 19.2 Å². The number of nitriles is 1. The van der Waals surface area contributed by atoms with Crippen LogP contribution in [0.25, 0.3) is 0 Å². The van der Waals surface area contributed by atoms with Crippen LogP contribution in [0.3, 0.4) is 0 Å². The van der Waals surface area contributed by atoms with Gasteiger partial charge in [0.2, 0.25) is 0 Å². The number of hydrogen-bond acceptors (Lipinski definition) is 4. The highest BCUT2D eigenvalue weighted by atomic mass is 16.1. The Morgan fingerprint density at radius 2 is 2.20 bits per heavy atom. The summed E-state index contributed by atoms with van der Waals surface area (Å²) in [5.74, 6) is 0. The van der Waals surface area contributed by atoms with E-state index in [1.165, 1.54) is 6.07 Å². The molecular formula is C10H14N4O. The van der Waals surface area contributed by atoms with E-state index >= 15 is 0 Å². The first-order valence-electron chi connectivity index (χ1n) is 4.92. The molecule has 1 heterocycles. The molecule has 0 atom stereocenters. The Labute approximate surface area is 88.6 Å². The zero-order valence-corrected chi connectivity index (χ0v) is 8.97. The molecule has 0 spiro atoms. The van der Waals surface area contributed by atoms with Crippen LogP contribution < -0.4 is 10.5 Å². The van der Waals surface area contributed by atoms with Crippen LogP contribution >= 0.6 is 0 Å². The molecule has 5 nitrogen and oxygen atoms in total. The SMILES string of the molecule is CCN(CC)c1cnn(CC#N)c(=O)c1. The largest absolute Gasteiger partial charge is 0.371 e. The number of nitrogens with zero attached hydrogens (tertiary/aromatic N) is 4. The fraction of sp³-hybridized carbons (Fsp3) is 0.500. The molecule has 0 N–H and O–H groups in total. The maximum Gasteiger partial charge on any atom is 0.269 e. The standard InChI is InChI=1S/C10H14N4O/c1-3-13(4-2)9-7-10(15)14(6-5-11)12-8-9/h7-8H,3-4,6H2,1-2H3. The summed E-state index contributed by atoms with van der Waals surface area (Å²) in [6.07, 6.45) is 1.62. The van der Waals surface area contributed by atoms with E-state index in [-0.39, 0.29) is 12.1 Å². The molecule has 15 heavy (non-hydrogen) atoms. The molecule has 0 unspecified atom stereocenters. The highest BCUT2D eigenvalue weighted by Crippen LogP contribution is 2.07. The van der Waals surface area contributed by atoms with Crippen LogP contribution in [0.4, 0.5) is 5.69 Å². The maximum atomic E-state index is 11.5. The second-order valence-corrected chi connectivity index (χ2v) is 3.04. The van der Waals surface area contributed by atoms with Crippen molar-refractivity contribution >= 4 is 5.69 Å². The third-order valence-electron chi connectivity index (χ3n) is 2.20. The Hall–Kier alpha value is -1.83. The summed E-state index contributed by atoms with van der Waals surface area (Å²) in [5.41, 5.74) is 0.570. The Morgan fingerprint density at radius 3 is 2.67 bits per heavy atom. The van der Waals surface area contributed by atoms with Gasteiger partial charge in [0.1, 0.15) is 6.54 Å². The molecule has 80 valence electrons. The lowest BCUT2D eigenvalue weighted by Crippen LogP contribution is -2.27. The Morgan fingerprint density at radius 1 is 1.53 bits per heavy atom. The summed E-state index contributed by atoms with van der Waals surface area (Å²) >= 11 is 0. The predicted molar refractivity (Wildman–Crippen MR) is 57.7 cm³/mol. The minimum Gasteiger partial charge on any atom is -0.371 e. The monoisotopic (exact) mass is 206 g/mol.